The van der Waals surface area contributed by atoms with Gasteiger partial charge in [0.25, 0.3) is 0 Å². The van der Waals surface area contributed by atoms with E-state index in [-0.39, 0.29) is 6.03 Å². The molecule has 3 rings (SSSR count). The van der Waals surface area contributed by atoms with E-state index in [1.807, 2.05) is 12.1 Å². The second-order valence-electron chi connectivity index (χ2n) is 6.75. The first kappa shape index (κ1) is 17.9. The molecule has 2 heterocycles. The Hall–Kier alpha value is -1.86. The fourth-order valence-corrected chi connectivity index (χ4v) is 3.34. The van der Waals surface area contributed by atoms with Gasteiger partial charge >= 0.3 is 6.03 Å². The Labute approximate surface area is 149 Å². The van der Waals surface area contributed by atoms with Crippen LogP contribution in [0.2, 0.25) is 0 Å². The van der Waals surface area contributed by atoms with E-state index in [9.17, 15) is 4.79 Å². The molecule has 0 unspecified atom stereocenters. The molecule has 0 aromatic carbocycles. The van der Waals surface area contributed by atoms with Gasteiger partial charge in [-0.1, -0.05) is 19.3 Å². The maximum absolute atomic E-state index is 12.0. The molecule has 0 atom stereocenters. The number of pyridine rings is 1. The van der Waals surface area contributed by atoms with Crippen LogP contribution >= 0.6 is 0 Å². The van der Waals surface area contributed by atoms with Crippen molar-refractivity contribution in [3.8, 4) is 0 Å². The number of morpholine rings is 1. The molecule has 138 valence electrons. The van der Waals surface area contributed by atoms with Gasteiger partial charge < -0.3 is 15.4 Å². The Morgan fingerprint density at radius 2 is 2.00 bits per heavy atom. The standard InChI is InChI=1S/C18H29N5O2/c24-18(21-15-4-2-1-3-5-15)22-17-7-6-16(14-20-17)19-8-9-23-10-12-25-13-11-23/h6-7,14-15,19H,1-5,8-13H2,(H2,20,21,22,24). The minimum Gasteiger partial charge on any atom is -0.383 e. The van der Waals surface area contributed by atoms with Crippen LogP contribution in [0.1, 0.15) is 32.1 Å². The maximum atomic E-state index is 12.0. The van der Waals surface area contributed by atoms with Crippen molar-refractivity contribution >= 4 is 17.5 Å². The zero-order chi connectivity index (χ0) is 17.3. The Balaban J connectivity index is 1.36. The molecule has 1 aliphatic heterocycles. The number of aromatic nitrogens is 1. The predicted octanol–water partition coefficient (Wildman–Crippen LogP) is 2.28. The number of nitrogens with zero attached hydrogens (tertiary/aromatic N) is 2. The van der Waals surface area contributed by atoms with Crippen LogP contribution < -0.4 is 16.0 Å². The summed E-state index contributed by atoms with van der Waals surface area (Å²) in [5.41, 5.74) is 0.964. The van der Waals surface area contributed by atoms with Crippen LogP contribution in [-0.4, -0.2) is 61.3 Å². The summed E-state index contributed by atoms with van der Waals surface area (Å²) < 4.78 is 5.35. The van der Waals surface area contributed by atoms with E-state index in [0.29, 0.717) is 11.9 Å². The van der Waals surface area contributed by atoms with Crippen molar-refractivity contribution in [3.63, 3.8) is 0 Å². The molecule has 0 spiro atoms. The van der Waals surface area contributed by atoms with Gasteiger partial charge in [0, 0.05) is 32.2 Å². The molecule has 2 fully saturated rings. The second-order valence-corrected chi connectivity index (χ2v) is 6.75. The Bertz CT molecular complexity index is 525. The summed E-state index contributed by atoms with van der Waals surface area (Å²) in [6.45, 7) is 5.51. The van der Waals surface area contributed by atoms with Gasteiger partial charge in [-0.25, -0.2) is 9.78 Å². The van der Waals surface area contributed by atoms with Gasteiger partial charge in [-0.3, -0.25) is 10.2 Å². The number of hydrogen-bond donors (Lipinski definition) is 3. The lowest BCUT2D eigenvalue weighted by atomic mass is 9.96. The third-order valence-corrected chi connectivity index (χ3v) is 4.81. The number of hydrogen-bond acceptors (Lipinski definition) is 5. The van der Waals surface area contributed by atoms with Crippen molar-refractivity contribution in [2.24, 2.45) is 0 Å². The highest BCUT2D eigenvalue weighted by Gasteiger charge is 2.15. The largest absolute Gasteiger partial charge is 0.383 e. The van der Waals surface area contributed by atoms with E-state index in [0.717, 1.165) is 57.9 Å². The molecule has 0 bridgehead atoms. The zero-order valence-electron chi connectivity index (χ0n) is 14.8. The van der Waals surface area contributed by atoms with Crippen molar-refractivity contribution in [3.05, 3.63) is 18.3 Å². The number of anilines is 2. The van der Waals surface area contributed by atoms with E-state index < -0.39 is 0 Å². The van der Waals surface area contributed by atoms with Crippen LogP contribution in [0.3, 0.4) is 0 Å². The summed E-state index contributed by atoms with van der Waals surface area (Å²) in [7, 11) is 0. The quantitative estimate of drug-likeness (QED) is 0.736. The summed E-state index contributed by atoms with van der Waals surface area (Å²) in [5.74, 6) is 0.576. The fraction of sp³-hybridized carbons (Fsp3) is 0.667. The van der Waals surface area contributed by atoms with Gasteiger partial charge in [0.2, 0.25) is 0 Å². The zero-order valence-corrected chi connectivity index (χ0v) is 14.8. The maximum Gasteiger partial charge on any atom is 0.320 e. The predicted molar refractivity (Wildman–Crippen MR) is 99.0 cm³/mol. The Morgan fingerprint density at radius 1 is 1.20 bits per heavy atom. The van der Waals surface area contributed by atoms with Crippen LogP contribution in [0.15, 0.2) is 18.3 Å². The molecule has 2 amide bonds. The molecule has 0 radical (unpaired) electrons. The minimum atomic E-state index is -0.160. The van der Waals surface area contributed by atoms with Crippen LogP contribution in [0.25, 0.3) is 0 Å². The van der Waals surface area contributed by atoms with Crippen LogP contribution in [0, 0.1) is 0 Å². The lowest BCUT2D eigenvalue weighted by molar-refractivity contribution is 0.0398. The van der Waals surface area contributed by atoms with Crippen LogP contribution in [0.5, 0.6) is 0 Å². The number of nitrogens with one attached hydrogen (secondary N) is 3. The third kappa shape index (κ3) is 6.17. The Kier molecular flexibility index (Phi) is 6.88. The normalized spacial score (nSPS) is 19.4. The smallest absolute Gasteiger partial charge is 0.320 e. The molecule has 3 N–H and O–H groups in total. The second kappa shape index (κ2) is 9.58. The number of carbonyl (C=O) groups is 1. The molecule has 1 aromatic heterocycles. The molecular weight excluding hydrogens is 318 g/mol. The van der Waals surface area contributed by atoms with Gasteiger partial charge in [0.15, 0.2) is 0 Å². The SMILES string of the molecule is O=C(Nc1ccc(NCCN2CCOCC2)cn1)NC1CCCCC1. The average molecular weight is 347 g/mol. The molecule has 7 heteroatoms. The fourth-order valence-electron chi connectivity index (χ4n) is 3.34. The molecule has 1 aliphatic carbocycles. The van der Waals surface area contributed by atoms with E-state index in [2.05, 4.69) is 25.8 Å². The molecular formula is C18H29N5O2. The summed E-state index contributed by atoms with van der Waals surface area (Å²) in [4.78, 5) is 18.7. The van der Waals surface area contributed by atoms with E-state index >= 15 is 0 Å². The molecule has 1 saturated heterocycles. The molecule has 7 nitrogen and oxygen atoms in total. The molecule has 1 saturated carbocycles. The summed E-state index contributed by atoms with van der Waals surface area (Å²) in [6, 6.07) is 3.92. The van der Waals surface area contributed by atoms with E-state index in [1.165, 1.54) is 19.3 Å². The lowest BCUT2D eigenvalue weighted by Crippen LogP contribution is -2.39. The first-order chi connectivity index (χ1) is 12.3. The third-order valence-electron chi connectivity index (χ3n) is 4.81. The topological polar surface area (TPSA) is 78.5 Å². The van der Waals surface area contributed by atoms with Gasteiger partial charge in [-0.15, -0.1) is 0 Å². The monoisotopic (exact) mass is 347 g/mol. The van der Waals surface area contributed by atoms with Crippen molar-refractivity contribution in [2.45, 2.75) is 38.1 Å². The van der Waals surface area contributed by atoms with Gasteiger partial charge in [-0.2, -0.15) is 0 Å². The number of urea groups is 1. The minimum absolute atomic E-state index is 0.160. The lowest BCUT2D eigenvalue weighted by Gasteiger charge is -2.26. The van der Waals surface area contributed by atoms with Crippen molar-refractivity contribution in [1.29, 1.82) is 0 Å². The first-order valence-corrected chi connectivity index (χ1v) is 9.37. The van der Waals surface area contributed by atoms with Crippen LogP contribution in [-0.2, 0) is 4.74 Å². The summed E-state index contributed by atoms with van der Waals surface area (Å²) in [5, 5.41) is 9.21. The highest BCUT2D eigenvalue weighted by Crippen LogP contribution is 2.17. The van der Waals surface area contributed by atoms with Crippen molar-refractivity contribution in [1.82, 2.24) is 15.2 Å². The number of ether oxygens (including phenoxy) is 1. The average Bonchev–Trinajstić information content (AvgIpc) is 2.65. The number of carbonyl (C=O) groups excluding carboxylic acids is 1. The Morgan fingerprint density at radius 3 is 2.72 bits per heavy atom. The van der Waals surface area contributed by atoms with Gasteiger partial charge in [0.1, 0.15) is 5.82 Å². The molecule has 25 heavy (non-hydrogen) atoms. The van der Waals surface area contributed by atoms with Gasteiger partial charge in [-0.05, 0) is 25.0 Å². The van der Waals surface area contributed by atoms with Crippen LogP contribution in [0.4, 0.5) is 16.3 Å². The summed E-state index contributed by atoms with van der Waals surface area (Å²) in [6.07, 6.45) is 7.60. The highest BCUT2D eigenvalue weighted by atomic mass is 16.5. The highest BCUT2D eigenvalue weighted by molar-refractivity contribution is 5.88. The van der Waals surface area contributed by atoms with E-state index in [1.54, 1.807) is 6.20 Å². The van der Waals surface area contributed by atoms with Crippen molar-refractivity contribution in [2.75, 3.05) is 50.0 Å². The molecule has 2 aliphatic rings. The molecule has 1 aromatic rings. The van der Waals surface area contributed by atoms with Crippen molar-refractivity contribution < 1.29 is 9.53 Å². The van der Waals surface area contributed by atoms with E-state index in [4.69, 9.17) is 4.74 Å². The first-order valence-electron chi connectivity index (χ1n) is 9.37. The number of rotatable bonds is 6. The van der Waals surface area contributed by atoms with Gasteiger partial charge in [0.05, 0.1) is 25.1 Å². The summed E-state index contributed by atoms with van der Waals surface area (Å²) >= 11 is 0. The number of amides is 2.